The van der Waals surface area contributed by atoms with E-state index in [9.17, 15) is 14.4 Å². The highest BCUT2D eigenvalue weighted by molar-refractivity contribution is 7.15. The average molecular weight is 467 g/mol. The van der Waals surface area contributed by atoms with E-state index in [1.165, 1.54) is 36.7 Å². The van der Waals surface area contributed by atoms with Crippen LogP contribution in [0.25, 0.3) is 6.08 Å². The van der Waals surface area contributed by atoms with Crippen LogP contribution in [0, 0.1) is 23.1 Å². The maximum atomic E-state index is 13.0. The third-order valence-corrected chi connectivity index (χ3v) is 5.30. The summed E-state index contributed by atoms with van der Waals surface area (Å²) in [5, 5.41) is 21.3. The Morgan fingerprint density at radius 2 is 1.97 bits per heavy atom. The Morgan fingerprint density at radius 1 is 1.21 bits per heavy atom. The van der Waals surface area contributed by atoms with E-state index in [1.807, 2.05) is 6.07 Å². The Bertz CT molecular complexity index is 1180. The molecule has 3 rings (SSSR count). The molecule has 0 bridgehead atoms. The molecule has 0 unspecified atom stereocenters. The smallest absolute Gasteiger partial charge is 0.268 e. The molecular weight excluding hydrogens is 443 g/mol. The number of halogens is 1. The van der Waals surface area contributed by atoms with Crippen molar-refractivity contribution in [2.45, 2.75) is 26.9 Å². The number of aromatic nitrogens is 2. The number of rotatable bonds is 9. The minimum atomic E-state index is -0.569. The SMILES string of the molecule is COc1cc(/C=C(/C#N)C(=O)Nc2nnc(CC(C)C)s2)ccc1OCc1ccc(F)cc1. The minimum absolute atomic E-state index is 0.0855. The number of ether oxygens (including phenoxy) is 2. The van der Waals surface area contributed by atoms with E-state index in [4.69, 9.17) is 9.47 Å². The summed E-state index contributed by atoms with van der Waals surface area (Å²) >= 11 is 1.29. The Labute approximate surface area is 195 Å². The third-order valence-electron chi connectivity index (χ3n) is 4.44. The summed E-state index contributed by atoms with van der Waals surface area (Å²) in [7, 11) is 1.50. The van der Waals surface area contributed by atoms with E-state index in [-0.39, 0.29) is 18.0 Å². The number of nitrogens with zero attached hydrogens (tertiary/aromatic N) is 3. The van der Waals surface area contributed by atoms with Crippen LogP contribution in [0.2, 0.25) is 0 Å². The third kappa shape index (κ3) is 6.85. The van der Waals surface area contributed by atoms with Crippen molar-refractivity contribution in [1.82, 2.24) is 10.2 Å². The normalized spacial score (nSPS) is 11.2. The average Bonchev–Trinajstić information content (AvgIpc) is 3.23. The van der Waals surface area contributed by atoms with Crippen LogP contribution in [0.15, 0.2) is 48.0 Å². The van der Waals surface area contributed by atoms with Crippen molar-refractivity contribution in [3.05, 3.63) is 70.0 Å². The number of anilines is 1. The van der Waals surface area contributed by atoms with E-state index in [0.717, 1.165) is 17.0 Å². The highest BCUT2D eigenvalue weighted by Crippen LogP contribution is 2.30. The summed E-state index contributed by atoms with van der Waals surface area (Å²) < 4.78 is 24.2. The lowest BCUT2D eigenvalue weighted by molar-refractivity contribution is -0.112. The van der Waals surface area contributed by atoms with Gasteiger partial charge in [-0.3, -0.25) is 10.1 Å². The Hall–Kier alpha value is -3.77. The lowest BCUT2D eigenvalue weighted by atomic mass is 10.1. The van der Waals surface area contributed by atoms with Crippen molar-refractivity contribution >= 4 is 28.5 Å². The second kappa shape index (κ2) is 11.2. The van der Waals surface area contributed by atoms with Crippen LogP contribution in [0.5, 0.6) is 11.5 Å². The van der Waals surface area contributed by atoms with Crippen LogP contribution in [0.4, 0.5) is 9.52 Å². The second-order valence-corrected chi connectivity index (χ2v) is 8.61. The first-order valence-corrected chi connectivity index (χ1v) is 11.0. The quantitative estimate of drug-likeness (QED) is 0.352. The molecule has 170 valence electrons. The van der Waals surface area contributed by atoms with Crippen molar-refractivity contribution in [3.8, 4) is 17.6 Å². The van der Waals surface area contributed by atoms with Gasteiger partial charge in [0, 0.05) is 6.42 Å². The summed E-state index contributed by atoms with van der Waals surface area (Å²) in [4.78, 5) is 12.5. The van der Waals surface area contributed by atoms with Gasteiger partial charge in [-0.1, -0.05) is 43.4 Å². The fourth-order valence-corrected chi connectivity index (χ4v) is 3.80. The van der Waals surface area contributed by atoms with E-state index < -0.39 is 5.91 Å². The molecule has 0 saturated heterocycles. The first-order chi connectivity index (χ1) is 15.9. The van der Waals surface area contributed by atoms with Gasteiger partial charge in [0.15, 0.2) is 11.5 Å². The molecule has 0 saturated carbocycles. The summed E-state index contributed by atoms with van der Waals surface area (Å²) in [5.41, 5.74) is 1.31. The lowest BCUT2D eigenvalue weighted by Crippen LogP contribution is -2.13. The van der Waals surface area contributed by atoms with Crippen LogP contribution in [0.1, 0.15) is 30.0 Å². The van der Waals surface area contributed by atoms with E-state index in [2.05, 4.69) is 29.4 Å². The van der Waals surface area contributed by atoms with Crippen LogP contribution >= 0.6 is 11.3 Å². The number of nitrogens with one attached hydrogen (secondary N) is 1. The van der Waals surface area contributed by atoms with Gasteiger partial charge in [-0.05, 0) is 47.4 Å². The van der Waals surface area contributed by atoms with Gasteiger partial charge in [0.05, 0.1) is 7.11 Å². The molecule has 1 aromatic heterocycles. The number of carbonyl (C=O) groups is 1. The highest BCUT2D eigenvalue weighted by atomic mass is 32.1. The van der Waals surface area contributed by atoms with Crippen molar-refractivity contribution in [2.24, 2.45) is 5.92 Å². The summed E-state index contributed by atoms with van der Waals surface area (Å²) in [6.45, 7) is 4.38. The molecule has 1 N–H and O–H groups in total. The van der Waals surface area contributed by atoms with Gasteiger partial charge in [-0.15, -0.1) is 10.2 Å². The molecule has 0 spiro atoms. The number of nitriles is 1. The minimum Gasteiger partial charge on any atom is -0.493 e. The zero-order valence-corrected chi connectivity index (χ0v) is 19.3. The molecule has 3 aromatic rings. The molecule has 7 nitrogen and oxygen atoms in total. The summed E-state index contributed by atoms with van der Waals surface area (Å²) in [6.07, 6.45) is 2.22. The Morgan fingerprint density at radius 3 is 2.64 bits per heavy atom. The molecule has 0 fully saturated rings. The number of methoxy groups -OCH3 is 1. The van der Waals surface area contributed by atoms with E-state index in [1.54, 1.807) is 30.3 Å². The molecule has 1 heterocycles. The molecule has 0 aliphatic heterocycles. The number of benzene rings is 2. The van der Waals surface area contributed by atoms with Gasteiger partial charge in [-0.2, -0.15) is 5.26 Å². The van der Waals surface area contributed by atoms with Gasteiger partial charge in [-0.25, -0.2) is 4.39 Å². The first kappa shape index (κ1) is 23.9. The van der Waals surface area contributed by atoms with Crippen LogP contribution < -0.4 is 14.8 Å². The van der Waals surface area contributed by atoms with Gasteiger partial charge in [0.25, 0.3) is 5.91 Å². The molecule has 0 aliphatic carbocycles. The molecule has 0 radical (unpaired) electrons. The van der Waals surface area contributed by atoms with Crippen molar-refractivity contribution in [3.63, 3.8) is 0 Å². The fraction of sp³-hybridized carbons (Fsp3) is 0.250. The summed E-state index contributed by atoms with van der Waals surface area (Å²) in [5.74, 6) is 0.459. The van der Waals surface area contributed by atoms with Crippen LogP contribution in [0.3, 0.4) is 0 Å². The molecule has 2 aromatic carbocycles. The zero-order chi connectivity index (χ0) is 23.8. The van der Waals surface area contributed by atoms with Crippen LogP contribution in [-0.4, -0.2) is 23.2 Å². The van der Waals surface area contributed by atoms with Crippen molar-refractivity contribution in [2.75, 3.05) is 12.4 Å². The van der Waals surface area contributed by atoms with Gasteiger partial charge >= 0.3 is 0 Å². The van der Waals surface area contributed by atoms with Gasteiger partial charge in [0.1, 0.15) is 29.1 Å². The molecule has 33 heavy (non-hydrogen) atoms. The molecule has 0 atom stereocenters. The monoisotopic (exact) mass is 466 g/mol. The largest absolute Gasteiger partial charge is 0.493 e. The highest BCUT2D eigenvalue weighted by Gasteiger charge is 2.14. The van der Waals surface area contributed by atoms with Gasteiger partial charge in [0.2, 0.25) is 5.13 Å². The number of hydrogen-bond acceptors (Lipinski definition) is 7. The molecule has 1 amide bonds. The fourth-order valence-electron chi connectivity index (χ4n) is 2.85. The number of carbonyl (C=O) groups excluding carboxylic acids is 1. The first-order valence-electron chi connectivity index (χ1n) is 10.2. The van der Waals surface area contributed by atoms with E-state index >= 15 is 0 Å². The van der Waals surface area contributed by atoms with Gasteiger partial charge < -0.3 is 9.47 Å². The predicted molar refractivity (Wildman–Crippen MR) is 124 cm³/mol. The maximum Gasteiger partial charge on any atom is 0.268 e. The Balaban J connectivity index is 1.70. The second-order valence-electron chi connectivity index (χ2n) is 7.55. The topological polar surface area (TPSA) is 97.1 Å². The predicted octanol–water partition coefficient (Wildman–Crippen LogP) is 5.01. The van der Waals surface area contributed by atoms with Crippen molar-refractivity contribution in [1.29, 1.82) is 5.26 Å². The number of hydrogen-bond donors (Lipinski definition) is 1. The number of amides is 1. The van der Waals surface area contributed by atoms with Crippen LogP contribution in [-0.2, 0) is 17.8 Å². The van der Waals surface area contributed by atoms with E-state index in [0.29, 0.717) is 28.1 Å². The lowest BCUT2D eigenvalue weighted by Gasteiger charge is -2.11. The molecule has 9 heteroatoms. The molecule has 0 aliphatic rings. The zero-order valence-electron chi connectivity index (χ0n) is 18.5. The van der Waals surface area contributed by atoms with Crippen molar-refractivity contribution < 1.29 is 18.7 Å². The standard InChI is InChI=1S/C24H23FN4O3S/c1-15(2)10-22-28-29-24(33-22)27-23(30)18(13-26)11-17-6-9-20(21(12-17)31-3)32-14-16-4-7-19(25)8-5-16/h4-9,11-12,15H,10,14H2,1-3H3,(H,27,29,30)/b18-11-. The maximum absolute atomic E-state index is 13.0. The molecular formula is C24H23FN4O3S. The summed E-state index contributed by atoms with van der Waals surface area (Å²) in [6, 6.07) is 13.0. The Kier molecular flexibility index (Phi) is 8.11.